The highest BCUT2D eigenvalue weighted by Gasteiger charge is 2.08. The molecule has 0 saturated carbocycles. The summed E-state index contributed by atoms with van der Waals surface area (Å²) in [7, 11) is 0. The van der Waals surface area contributed by atoms with Crippen molar-refractivity contribution in [2.24, 2.45) is 5.73 Å². The van der Waals surface area contributed by atoms with Crippen LogP contribution in [-0.4, -0.2) is 28.5 Å². The minimum absolute atomic E-state index is 0.0381. The number of nitrogens with zero attached hydrogens (tertiary/aromatic N) is 2. The van der Waals surface area contributed by atoms with Crippen LogP contribution in [0, 0.1) is 6.92 Å². The molecule has 1 aromatic heterocycles. The molecule has 0 radical (unpaired) electrons. The number of hydrogen-bond acceptors (Lipinski definition) is 4. The van der Waals surface area contributed by atoms with E-state index in [1.165, 1.54) is 12.4 Å². The molecule has 1 amide bonds. The van der Waals surface area contributed by atoms with Crippen LogP contribution in [0.3, 0.4) is 0 Å². The van der Waals surface area contributed by atoms with Gasteiger partial charge in [0.2, 0.25) is 0 Å². The summed E-state index contributed by atoms with van der Waals surface area (Å²) in [6, 6.07) is -0.0381. The predicted octanol–water partition coefficient (Wildman–Crippen LogP) is -0.138. The van der Waals surface area contributed by atoms with Gasteiger partial charge in [0.1, 0.15) is 5.82 Å². The van der Waals surface area contributed by atoms with Crippen LogP contribution < -0.4 is 11.1 Å². The van der Waals surface area contributed by atoms with Crippen molar-refractivity contribution in [1.29, 1.82) is 0 Å². The van der Waals surface area contributed by atoms with E-state index in [0.29, 0.717) is 17.9 Å². The summed E-state index contributed by atoms with van der Waals surface area (Å²) in [5.74, 6) is 0.455. The highest BCUT2D eigenvalue weighted by Crippen LogP contribution is 1.95. The van der Waals surface area contributed by atoms with Crippen LogP contribution in [0.2, 0.25) is 0 Å². The number of hydrogen-bond donors (Lipinski definition) is 2. The zero-order valence-corrected chi connectivity index (χ0v) is 8.32. The molecule has 1 heterocycles. The lowest BCUT2D eigenvalue weighted by Gasteiger charge is -2.10. The zero-order valence-electron chi connectivity index (χ0n) is 8.32. The zero-order chi connectivity index (χ0) is 10.6. The van der Waals surface area contributed by atoms with Gasteiger partial charge in [0.05, 0.1) is 5.56 Å². The average Bonchev–Trinajstić information content (AvgIpc) is 2.18. The Morgan fingerprint density at radius 2 is 2.14 bits per heavy atom. The Bertz CT molecular complexity index is 309. The van der Waals surface area contributed by atoms with Crippen LogP contribution in [0.4, 0.5) is 0 Å². The first-order valence-corrected chi connectivity index (χ1v) is 4.43. The molecule has 0 saturated heterocycles. The summed E-state index contributed by atoms with van der Waals surface area (Å²) in [4.78, 5) is 19.3. The molecule has 1 aromatic rings. The molecule has 5 heteroatoms. The van der Waals surface area contributed by atoms with E-state index in [-0.39, 0.29) is 11.9 Å². The maximum atomic E-state index is 11.5. The number of carbonyl (C=O) groups excluding carboxylic acids is 1. The van der Waals surface area contributed by atoms with Gasteiger partial charge in [0, 0.05) is 25.0 Å². The molecule has 76 valence electrons. The van der Waals surface area contributed by atoms with Crippen molar-refractivity contribution in [3.8, 4) is 0 Å². The molecule has 1 atom stereocenters. The highest BCUT2D eigenvalue weighted by molar-refractivity contribution is 5.93. The molecule has 1 unspecified atom stereocenters. The van der Waals surface area contributed by atoms with Crippen LogP contribution in [0.25, 0.3) is 0 Å². The second kappa shape index (κ2) is 4.66. The Labute approximate surface area is 82.7 Å². The molecule has 5 nitrogen and oxygen atoms in total. The van der Waals surface area contributed by atoms with E-state index in [4.69, 9.17) is 5.73 Å². The lowest BCUT2D eigenvalue weighted by Crippen LogP contribution is -2.37. The predicted molar refractivity (Wildman–Crippen MR) is 52.8 cm³/mol. The monoisotopic (exact) mass is 194 g/mol. The maximum Gasteiger partial charge on any atom is 0.254 e. The maximum absolute atomic E-state index is 11.5. The summed E-state index contributed by atoms with van der Waals surface area (Å²) in [6.07, 6.45) is 3.00. The van der Waals surface area contributed by atoms with Gasteiger partial charge in [-0.05, 0) is 13.8 Å². The standard InChI is InChI=1S/C9H14N4O/c1-6(3-10)13-9(14)8-4-11-7(2)12-5-8/h4-6H,3,10H2,1-2H3,(H,13,14). The number of carbonyl (C=O) groups is 1. The van der Waals surface area contributed by atoms with E-state index in [1.807, 2.05) is 6.92 Å². The SMILES string of the molecule is Cc1ncc(C(=O)NC(C)CN)cn1. The Morgan fingerprint density at radius 3 is 2.64 bits per heavy atom. The number of aryl methyl sites for hydroxylation is 1. The first-order valence-electron chi connectivity index (χ1n) is 4.43. The number of rotatable bonds is 3. The third-order valence-corrected chi connectivity index (χ3v) is 1.77. The number of nitrogens with one attached hydrogen (secondary N) is 1. The van der Waals surface area contributed by atoms with Crippen LogP contribution in [0.1, 0.15) is 23.1 Å². The first kappa shape index (κ1) is 10.6. The van der Waals surface area contributed by atoms with E-state index in [2.05, 4.69) is 15.3 Å². The molecule has 0 spiro atoms. The minimum atomic E-state index is -0.192. The quantitative estimate of drug-likeness (QED) is 0.702. The fourth-order valence-corrected chi connectivity index (χ4v) is 0.876. The Morgan fingerprint density at radius 1 is 1.57 bits per heavy atom. The van der Waals surface area contributed by atoms with Gasteiger partial charge in [-0.2, -0.15) is 0 Å². The summed E-state index contributed by atoms with van der Waals surface area (Å²) >= 11 is 0. The molecule has 0 aliphatic rings. The molecule has 0 aromatic carbocycles. The summed E-state index contributed by atoms with van der Waals surface area (Å²) in [5.41, 5.74) is 5.83. The largest absolute Gasteiger partial charge is 0.348 e. The van der Waals surface area contributed by atoms with E-state index in [0.717, 1.165) is 0 Å². The average molecular weight is 194 g/mol. The van der Waals surface area contributed by atoms with Crippen molar-refractivity contribution in [3.63, 3.8) is 0 Å². The van der Waals surface area contributed by atoms with Gasteiger partial charge in [0.25, 0.3) is 5.91 Å². The second-order valence-electron chi connectivity index (χ2n) is 3.13. The molecule has 0 bridgehead atoms. The molecule has 3 N–H and O–H groups in total. The third-order valence-electron chi connectivity index (χ3n) is 1.77. The molecule has 0 aliphatic carbocycles. The summed E-state index contributed by atoms with van der Waals surface area (Å²) in [6.45, 7) is 4.02. The normalized spacial score (nSPS) is 12.2. The smallest absolute Gasteiger partial charge is 0.254 e. The van der Waals surface area contributed by atoms with E-state index in [1.54, 1.807) is 6.92 Å². The van der Waals surface area contributed by atoms with Crippen LogP contribution in [0.15, 0.2) is 12.4 Å². The highest BCUT2D eigenvalue weighted by atomic mass is 16.1. The Hall–Kier alpha value is -1.49. The van der Waals surface area contributed by atoms with Gasteiger partial charge in [0.15, 0.2) is 0 Å². The van der Waals surface area contributed by atoms with Crippen LogP contribution in [-0.2, 0) is 0 Å². The topological polar surface area (TPSA) is 80.9 Å². The Balaban J connectivity index is 2.65. The van der Waals surface area contributed by atoms with E-state index in [9.17, 15) is 4.79 Å². The fourth-order valence-electron chi connectivity index (χ4n) is 0.876. The molecular formula is C9H14N4O. The Kier molecular flexibility index (Phi) is 3.53. The molecule has 0 fully saturated rings. The van der Waals surface area contributed by atoms with Crippen LogP contribution in [0.5, 0.6) is 0 Å². The molecule has 0 aliphatic heterocycles. The van der Waals surface area contributed by atoms with Gasteiger partial charge in [-0.25, -0.2) is 9.97 Å². The van der Waals surface area contributed by atoms with Crippen molar-refractivity contribution in [3.05, 3.63) is 23.8 Å². The second-order valence-corrected chi connectivity index (χ2v) is 3.13. The lowest BCUT2D eigenvalue weighted by atomic mass is 10.2. The van der Waals surface area contributed by atoms with Gasteiger partial charge in [-0.1, -0.05) is 0 Å². The molecule has 1 rings (SSSR count). The van der Waals surface area contributed by atoms with E-state index < -0.39 is 0 Å². The van der Waals surface area contributed by atoms with Crippen molar-refractivity contribution < 1.29 is 4.79 Å². The van der Waals surface area contributed by atoms with Gasteiger partial charge in [-0.15, -0.1) is 0 Å². The summed E-state index contributed by atoms with van der Waals surface area (Å²) < 4.78 is 0. The van der Waals surface area contributed by atoms with Crippen molar-refractivity contribution in [1.82, 2.24) is 15.3 Å². The lowest BCUT2D eigenvalue weighted by molar-refractivity contribution is 0.0940. The fraction of sp³-hybridized carbons (Fsp3) is 0.444. The van der Waals surface area contributed by atoms with Crippen molar-refractivity contribution in [2.45, 2.75) is 19.9 Å². The van der Waals surface area contributed by atoms with Crippen LogP contribution >= 0.6 is 0 Å². The first-order chi connectivity index (χ1) is 6.63. The van der Waals surface area contributed by atoms with Gasteiger partial charge < -0.3 is 11.1 Å². The number of amides is 1. The molecular weight excluding hydrogens is 180 g/mol. The number of nitrogens with two attached hydrogens (primary N) is 1. The third kappa shape index (κ3) is 2.77. The van der Waals surface area contributed by atoms with Gasteiger partial charge >= 0.3 is 0 Å². The number of aromatic nitrogens is 2. The van der Waals surface area contributed by atoms with E-state index >= 15 is 0 Å². The van der Waals surface area contributed by atoms with Crippen molar-refractivity contribution in [2.75, 3.05) is 6.54 Å². The molecule has 14 heavy (non-hydrogen) atoms. The van der Waals surface area contributed by atoms with Gasteiger partial charge in [-0.3, -0.25) is 4.79 Å². The minimum Gasteiger partial charge on any atom is -0.348 e. The van der Waals surface area contributed by atoms with Crippen molar-refractivity contribution >= 4 is 5.91 Å². The summed E-state index contributed by atoms with van der Waals surface area (Å²) in [5, 5.41) is 2.72.